The normalized spacial score (nSPS) is 18.4. The van der Waals surface area contributed by atoms with E-state index in [4.69, 9.17) is 4.74 Å². The van der Waals surface area contributed by atoms with Gasteiger partial charge in [0.2, 0.25) is 0 Å². The number of ether oxygens (including phenoxy) is 1. The molecular formula is C11H22BN2O2. The fourth-order valence-corrected chi connectivity index (χ4v) is 1.70. The van der Waals surface area contributed by atoms with Gasteiger partial charge in [0.25, 0.3) is 0 Å². The maximum Gasteiger partial charge on any atom is 0.410 e. The molecule has 0 atom stereocenters. The zero-order chi connectivity index (χ0) is 12.2. The third-order valence-electron chi connectivity index (χ3n) is 2.46. The first-order valence-corrected chi connectivity index (χ1v) is 5.90. The average molecular weight is 225 g/mol. The molecule has 1 amide bonds. The molecule has 0 aromatic rings. The highest BCUT2D eigenvalue weighted by Gasteiger charge is 2.25. The molecule has 91 valence electrons. The van der Waals surface area contributed by atoms with Crippen LogP contribution in [0.15, 0.2) is 0 Å². The van der Waals surface area contributed by atoms with Crippen LogP contribution in [0, 0.1) is 0 Å². The van der Waals surface area contributed by atoms with E-state index in [0.717, 1.165) is 32.6 Å². The summed E-state index contributed by atoms with van der Waals surface area (Å²) in [6, 6.07) is 0. The second-order valence-corrected chi connectivity index (χ2v) is 5.18. The topological polar surface area (TPSA) is 32.8 Å². The predicted octanol–water partition coefficient (Wildman–Crippen LogP) is 1.25. The van der Waals surface area contributed by atoms with Crippen LogP contribution < -0.4 is 0 Å². The van der Waals surface area contributed by atoms with Crippen LogP contribution in [0.25, 0.3) is 0 Å². The van der Waals surface area contributed by atoms with Crippen molar-refractivity contribution in [1.82, 2.24) is 9.80 Å². The van der Waals surface area contributed by atoms with Gasteiger partial charge < -0.3 is 14.5 Å². The summed E-state index contributed by atoms with van der Waals surface area (Å²) < 4.78 is 5.33. The van der Waals surface area contributed by atoms with E-state index in [2.05, 4.69) is 19.0 Å². The lowest BCUT2D eigenvalue weighted by Gasteiger charge is -2.35. The summed E-state index contributed by atoms with van der Waals surface area (Å²) in [4.78, 5) is 15.9. The molecule has 0 aromatic carbocycles. The van der Waals surface area contributed by atoms with Crippen LogP contribution in [0.3, 0.4) is 0 Å². The van der Waals surface area contributed by atoms with Crippen molar-refractivity contribution in [2.24, 2.45) is 0 Å². The Balaban J connectivity index is 2.33. The van der Waals surface area contributed by atoms with Crippen molar-refractivity contribution in [2.75, 3.05) is 32.6 Å². The van der Waals surface area contributed by atoms with E-state index >= 15 is 0 Å². The first-order chi connectivity index (χ1) is 7.42. The number of nitrogens with zero attached hydrogens (tertiary/aromatic N) is 2. The van der Waals surface area contributed by atoms with Crippen molar-refractivity contribution < 1.29 is 9.53 Å². The van der Waals surface area contributed by atoms with Crippen molar-refractivity contribution in [3.63, 3.8) is 0 Å². The second-order valence-electron chi connectivity index (χ2n) is 5.18. The van der Waals surface area contributed by atoms with Crippen LogP contribution in [0.5, 0.6) is 0 Å². The fourth-order valence-electron chi connectivity index (χ4n) is 1.70. The SMILES string of the molecule is C[B]CN1CCN(C(=O)OC(C)(C)C)CC1. The zero-order valence-corrected chi connectivity index (χ0v) is 10.8. The Morgan fingerprint density at radius 3 is 2.25 bits per heavy atom. The van der Waals surface area contributed by atoms with Crippen molar-refractivity contribution in [3.8, 4) is 0 Å². The monoisotopic (exact) mass is 225 g/mol. The van der Waals surface area contributed by atoms with Crippen molar-refractivity contribution >= 4 is 13.4 Å². The summed E-state index contributed by atoms with van der Waals surface area (Å²) in [6.45, 7) is 11.1. The van der Waals surface area contributed by atoms with Gasteiger partial charge in [0, 0.05) is 26.2 Å². The molecule has 0 spiro atoms. The van der Waals surface area contributed by atoms with Gasteiger partial charge in [-0.15, -0.1) is 0 Å². The Kier molecular flexibility index (Phi) is 4.65. The predicted molar refractivity (Wildman–Crippen MR) is 65.9 cm³/mol. The molecule has 0 aromatic heterocycles. The number of carbonyl (C=O) groups is 1. The number of carbonyl (C=O) groups excluding carboxylic acids is 1. The van der Waals surface area contributed by atoms with Crippen LogP contribution in [0.2, 0.25) is 6.82 Å². The number of amides is 1. The molecule has 1 aliphatic rings. The van der Waals surface area contributed by atoms with Gasteiger partial charge in [-0.25, -0.2) is 4.79 Å². The van der Waals surface area contributed by atoms with Crippen molar-refractivity contribution in [2.45, 2.75) is 33.2 Å². The molecule has 0 unspecified atom stereocenters. The summed E-state index contributed by atoms with van der Waals surface area (Å²) in [7, 11) is 2.14. The molecule has 16 heavy (non-hydrogen) atoms. The highest BCUT2D eigenvalue weighted by Crippen LogP contribution is 2.11. The van der Waals surface area contributed by atoms with E-state index in [1.165, 1.54) is 0 Å². The molecule has 1 radical (unpaired) electrons. The quantitative estimate of drug-likeness (QED) is 0.663. The maximum atomic E-state index is 11.8. The Bertz CT molecular complexity index is 233. The van der Waals surface area contributed by atoms with E-state index in [1.54, 1.807) is 4.90 Å². The third-order valence-corrected chi connectivity index (χ3v) is 2.46. The first-order valence-electron chi connectivity index (χ1n) is 5.90. The van der Waals surface area contributed by atoms with E-state index in [0.29, 0.717) is 0 Å². The van der Waals surface area contributed by atoms with E-state index in [9.17, 15) is 4.79 Å². The average Bonchev–Trinajstić information content (AvgIpc) is 2.16. The van der Waals surface area contributed by atoms with Gasteiger partial charge >= 0.3 is 6.09 Å². The minimum Gasteiger partial charge on any atom is -0.444 e. The van der Waals surface area contributed by atoms with Crippen LogP contribution in [0.1, 0.15) is 20.8 Å². The summed E-state index contributed by atoms with van der Waals surface area (Å²) in [5, 5.41) is 0. The molecule has 1 heterocycles. The van der Waals surface area contributed by atoms with Crippen LogP contribution in [0.4, 0.5) is 4.79 Å². The molecular weight excluding hydrogens is 203 g/mol. The van der Waals surface area contributed by atoms with Gasteiger partial charge in [-0.2, -0.15) is 0 Å². The van der Waals surface area contributed by atoms with Crippen LogP contribution in [-0.2, 0) is 4.74 Å². The van der Waals surface area contributed by atoms with Crippen molar-refractivity contribution in [1.29, 1.82) is 0 Å². The van der Waals surface area contributed by atoms with Gasteiger partial charge in [-0.1, -0.05) is 6.82 Å². The van der Waals surface area contributed by atoms with Crippen molar-refractivity contribution in [3.05, 3.63) is 0 Å². The molecule has 0 N–H and O–H groups in total. The molecule has 1 fully saturated rings. The highest BCUT2D eigenvalue weighted by atomic mass is 16.6. The molecule has 1 saturated heterocycles. The van der Waals surface area contributed by atoms with E-state index in [1.807, 2.05) is 20.8 Å². The molecule has 0 aliphatic carbocycles. The van der Waals surface area contributed by atoms with Crippen LogP contribution >= 0.6 is 0 Å². The lowest BCUT2D eigenvalue weighted by molar-refractivity contribution is 0.0158. The van der Waals surface area contributed by atoms with Gasteiger partial charge in [-0.05, 0) is 27.2 Å². The molecule has 4 nitrogen and oxygen atoms in total. The lowest BCUT2D eigenvalue weighted by atomic mass is 9.82. The molecule has 0 saturated carbocycles. The minimum atomic E-state index is -0.397. The number of hydrogen-bond donors (Lipinski definition) is 0. The molecule has 0 bridgehead atoms. The third kappa shape index (κ3) is 4.43. The molecule has 5 heteroatoms. The maximum absolute atomic E-state index is 11.8. The van der Waals surface area contributed by atoms with Crippen LogP contribution in [-0.4, -0.2) is 61.4 Å². The summed E-state index contributed by atoms with van der Waals surface area (Å²) in [6.07, 6.45) is 0.815. The Morgan fingerprint density at radius 1 is 1.25 bits per heavy atom. The Hall–Kier alpha value is -0.705. The van der Waals surface area contributed by atoms with Gasteiger partial charge in [0.15, 0.2) is 0 Å². The zero-order valence-electron chi connectivity index (χ0n) is 10.8. The number of piperazine rings is 1. The summed E-state index contributed by atoms with van der Waals surface area (Å²) >= 11 is 0. The first kappa shape index (κ1) is 13.4. The number of hydrogen-bond acceptors (Lipinski definition) is 3. The minimum absolute atomic E-state index is 0.187. The Labute approximate surface area is 99.2 Å². The standard InChI is InChI=1S/C11H22BN2O2/c1-11(2,3)16-10(15)14-7-5-13(6-8-14)9-12-4/h5-9H2,1-4H3. The molecule has 1 rings (SSSR count). The summed E-state index contributed by atoms with van der Waals surface area (Å²) in [5.74, 6) is 0. The van der Waals surface area contributed by atoms with E-state index < -0.39 is 5.60 Å². The smallest absolute Gasteiger partial charge is 0.410 e. The van der Waals surface area contributed by atoms with E-state index in [-0.39, 0.29) is 6.09 Å². The Morgan fingerprint density at radius 2 is 1.81 bits per heavy atom. The van der Waals surface area contributed by atoms with Gasteiger partial charge in [0.05, 0.1) is 0 Å². The molecule has 1 aliphatic heterocycles. The lowest BCUT2D eigenvalue weighted by Crippen LogP contribution is -2.50. The fraction of sp³-hybridized carbons (Fsp3) is 0.909. The number of rotatable bonds is 2. The highest BCUT2D eigenvalue weighted by molar-refractivity contribution is 6.33. The van der Waals surface area contributed by atoms with Gasteiger partial charge in [-0.3, -0.25) is 0 Å². The second kappa shape index (κ2) is 5.57. The summed E-state index contributed by atoms with van der Waals surface area (Å²) in [5.41, 5.74) is -0.397. The van der Waals surface area contributed by atoms with Gasteiger partial charge in [0.1, 0.15) is 12.9 Å². The largest absolute Gasteiger partial charge is 0.444 e.